The van der Waals surface area contributed by atoms with Gasteiger partial charge in [0, 0.05) is 6.42 Å². The molecule has 7 unspecified atom stereocenters. The number of carbonyl (C=O) groups excluding carboxylic acids is 1. The van der Waals surface area contributed by atoms with Gasteiger partial charge >= 0.3 is 0 Å². The van der Waals surface area contributed by atoms with Crippen molar-refractivity contribution in [2.75, 3.05) is 13.2 Å². The minimum Gasteiger partial charge on any atom is -0.394 e. The minimum absolute atomic E-state index is 0.174. The maximum atomic E-state index is 13.0. The first-order valence-corrected chi connectivity index (χ1v) is 28.1. The summed E-state index contributed by atoms with van der Waals surface area (Å²) in [5.74, 6) is -0.174. The molecular formula is C56H107NO8. The molecule has 0 aromatic rings. The summed E-state index contributed by atoms with van der Waals surface area (Å²) in [7, 11) is 0. The molecule has 0 spiro atoms. The van der Waals surface area contributed by atoms with E-state index in [0.29, 0.717) is 6.42 Å². The summed E-state index contributed by atoms with van der Waals surface area (Å²) >= 11 is 0. The van der Waals surface area contributed by atoms with Crippen molar-refractivity contribution < 1.29 is 39.8 Å². The fraction of sp³-hybridized carbons (Fsp3) is 0.911. The number of nitrogens with one attached hydrogen (secondary N) is 1. The van der Waals surface area contributed by atoms with Gasteiger partial charge in [-0.05, 0) is 44.9 Å². The number of amides is 1. The van der Waals surface area contributed by atoms with Crippen LogP contribution >= 0.6 is 0 Å². The smallest absolute Gasteiger partial charge is 0.220 e. The van der Waals surface area contributed by atoms with E-state index >= 15 is 0 Å². The Morgan fingerprint density at radius 2 is 0.862 bits per heavy atom. The van der Waals surface area contributed by atoms with Crippen LogP contribution in [-0.4, -0.2) is 87.5 Å². The van der Waals surface area contributed by atoms with Crippen LogP contribution in [0.3, 0.4) is 0 Å². The molecule has 1 aliphatic heterocycles. The molecule has 0 bridgehead atoms. The van der Waals surface area contributed by atoms with E-state index in [9.17, 15) is 30.3 Å². The number of allylic oxidation sites excluding steroid dienone is 3. The summed E-state index contributed by atoms with van der Waals surface area (Å²) in [6.07, 6.45) is 50.9. The Morgan fingerprint density at radius 3 is 1.25 bits per heavy atom. The molecule has 1 aliphatic rings. The van der Waals surface area contributed by atoms with E-state index in [1.807, 2.05) is 6.08 Å². The number of ether oxygens (including phenoxy) is 2. The van der Waals surface area contributed by atoms with Crippen LogP contribution < -0.4 is 5.32 Å². The number of aliphatic hydroxyl groups is 5. The topological polar surface area (TPSA) is 149 Å². The van der Waals surface area contributed by atoms with E-state index < -0.39 is 49.5 Å². The van der Waals surface area contributed by atoms with E-state index in [0.717, 1.165) is 38.5 Å². The van der Waals surface area contributed by atoms with E-state index in [4.69, 9.17) is 9.47 Å². The molecule has 1 saturated heterocycles. The molecule has 0 aliphatic carbocycles. The molecule has 6 N–H and O–H groups in total. The molecule has 384 valence electrons. The highest BCUT2D eigenvalue weighted by Gasteiger charge is 2.44. The number of aliphatic hydroxyl groups excluding tert-OH is 5. The minimum atomic E-state index is -1.56. The summed E-state index contributed by atoms with van der Waals surface area (Å²) < 4.78 is 11.3. The molecule has 0 aromatic heterocycles. The highest BCUT2D eigenvalue weighted by atomic mass is 16.7. The summed E-state index contributed by atoms with van der Waals surface area (Å²) in [5, 5.41) is 54.5. The van der Waals surface area contributed by atoms with Gasteiger partial charge in [0.25, 0.3) is 0 Å². The largest absolute Gasteiger partial charge is 0.394 e. The van der Waals surface area contributed by atoms with Crippen molar-refractivity contribution in [2.24, 2.45) is 0 Å². The van der Waals surface area contributed by atoms with Crippen LogP contribution in [0.5, 0.6) is 0 Å². The van der Waals surface area contributed by atoms with Crippen LogP contribution in [0.2, 0.25) is 0 Å². The monoisotopic (exact) mass is 922 g/mol. The Hall–Kier alpha value is -1.33. The molecule has 0 aromatic carbocycles. The molecule has 1 rings (SSSR count). The van der Waals surface area contributed by atoms with Gasteiger partial charge in [-0.3, -0.25) is 4.79 Å². The van der Waals surface area contributed by atoms with Crippen LogP contribution in [0.1, 0.15) is 271 Å². The third-order valence-electron chi connectivity index (χ3n) is 13.5. The quantitative estimate of drug-likeness (QED) is 0.0261. The number of hydrogen-bond donors (Lipinski definition) is 6. The lowest BCUT2D eigenvalue weighted by atomic mass is 9.99. The van der Waals surface area contributed by atoms with Crippen LogP contribution in [-0.2, 0) is 14.3 Å². The van der Waals surface area contributed by atoms with Crippen molar-refractivity contribution in [2.45, 2.75) is 314 Å². The fourth-order valence-electron chi connectivity index (χ4n) is 9.04. The lowest BCUT2D eigenvalue weighted by molar-refractivity contribution is -0.302. The van der Waals surface area contributed by atoms with Crippen LogP contribution in [0.4, 0.5) is 0 Å². The van der Waals surface area contributed by atoms with Crippen LogP contribution in [0, 0.1) is 0 Å². The van der Waals surface area contributed by atoms with Gasteiger partial charge in [-0.2, -0.15) is 0 Å². The van der Waals surface area contributed by atoms with Crippen molar-refractivity contribution in [3.05, 3.63) is 24.3 Å². The van der Waals surface area contributed by atoms with Gasteiger partial charge in [0.05, 0.1) is 25.4 Å². The Balaban J connectivity index is 2.24. The molecule has 65 heavy (non-hydrogen) atoms. The average molecular weight is 922 g/mol. The summed E-state index contributed by atoms with van der Waals surface area (Å²) in [6, 6.07) is -0.803. The van der Waals surface area contributed by atoms with Gasteiger partial charge in [0.1, 0.15) is 24.4 Å². The number of carbonyl (C=O) groups is 1. The molecule has 9 heteroatoms. The zero-order valence-electron chi connectivity index (χ0n) is 42.5. The predicted molar refractivity (Wildman–Crippen MR) is 272 cm³/mol. The first-order valence-electron chi connectivity index (χ1n) is 28.1. The molecule has 1 amide bonds. The number of unbranched alkanes of at least 4 members (excludes halogenated alkanes) is 36. The molecule has 1 fully saturated rings. The zero-order valence-corrected chi connectivity index (χ0v) is 42.5. The van der Waals surface area contributed by atoms with Crippen molar-refractivity contribution in [1.29, 1.82) is 0 Å². The Labute approximate surface area is 400 Å². The van der Waals surface area contributed by atoms with E-state index in [2.05, 4.69) is 31.3 Å². The maximum absolute atomic E-state index is 13.0. The van der Waals surface area contributed by atoms with Gasteiger partial charge in [0.15, 0.2) is 6.29 Å². The summed E-state index contributed by atoms with van der Waals surface area (Å²) in [5.41, 5.74) is 0. The van der Waals surface area contributed by atoms with Gasteiger partial charge < -0.3 is 40.3 Å². The molecule has 7 atom stereocenters. The number of rotatable bonds is 48. The van der Waals surface area contributed by atoms with E-state index in [-0.39, 0.29) is 12.5 Å². The second-order valence-corrected chi connectivity index (χ2v) is 19.7. The van der Waals surface area contributed by atoms with Crippen molar-refractivity contribution >= 4 is 5.91 Å². The zero-order chi connectivity index (χ0) is 47.3. The lowest BCUT2D eigenvalue weighted by Gasteiger charge is -2.40. The molecular weight excluding hydrogens is 815 g/mol. The second kappa shape index (κ2) is 46.4. The highest BCUT2D eigenvalue weighted by Crippen LogP contribution is 2.23. The SMILES string of the molecule is CCCCCCCCCC/C=C\CCCCCCCCCCCCCC(=O)NC(COC1OC(CO)C(O)C(O)C1O)C(O)/C=C/CCCCCCCCCCCCCCCCCCC. The first-order chi connectivity index (χ1) is 31.8. The Morgan fingerprint density at radius 1 is 0.508 bits per heavy atom. The van der Waals surface area contributed by atoms with Crippen molar-refractivity contribution in [3.8, 4) is 0 Å². The molecule has 0 radical (unpaired) electrons. The van der Waals surface area contributed by atoms with E-state index in [1.54, 1.807) is 6.08 Å². The standard InChI is InChI=1S/C56H107NO8/c1-3-5-7-9-11-13-15-17-19-21-23-24-25-26-28-30-32-34-36-38-40-42-44-46-52(60)57-49(48-64-56-55(63)54(62)53(61)51(47-58)65-56)50(59)45-43-41-39-37-35-33-31-29-27-22-20-18-16-14-12-10-8-6-4-2/h21,23,43,45,49-51,53-56,58-59,61-63H,3-20,22,24-42,44,46-48H2,1-2H3,(H,57,60)/b23-21-,45-43+. The Kier molecular flexibility index (Phi) is 44.0. The van der Waals surface area contributed by atoms with Crippen molar-refractivity contribution in [3.63, 3.8) is 0 Å². The van der Waals surface area contributed by atoms with Crippen molar-refractivity contribution in [1.82, 2.24) is 5.32 Å². The van der Waals surface area contributed by atoms with E-state index in [1.165, 1.54) is 212 Å². The summed E-state index contributed by atoms with van der Waals surface area (Å²) in [4.78, 5) is 13.0. The third kappa shape index (κ3) is 36.3. The fourth-order valence-corrected chi connectivity index (χ4v) is 9.04. The van der Waals surface area contributed by atoms with Crippen LogP contribution in [0.25, 0.3) is 0 Å². The van der Waals surface area contributed by atoms with Gasteiger partial charge in [0.2, 0.25) is 5.91 Å². The number of hydrogen-bond acceptors (Lipinski definition) is 8. The Bertz CT molecular complexity index is 1070. The average Bonchev–Trinajstić information content (AvgIpc) is 3.31. The molecule has 1 heterocycles. The maximum Gasteiger partial charge on any atom is 0.220 e. The third-order valence-corrected chi connectivity index (χ3v) is 13.5. The second-order valence-electron chi connectivity index (χ2n) is 19.7. The predicted octanol–water partition coefficient (Wildman–Crippen LogP) is 13.4. The normalized spacial score (nSPS) is 20.0. The first kappa shape index (κ1) is 61.7. The molecule has 0 saturated carbocycles. The highest BCUT2D eigenvalue weighted by molar-refractivity contribution is 5.76. The lowest BCUT2D eigenvalue weighted by Crippen LogP contribution is -2.60. The molecule has 9 nitrogen and oxygen atoms in total. The van der Waals surface area contributed by atoms with Gasteiger partial charge in [-0.1, -0.05) is 244 Å². The van der Waals surface area contributed by atoms with Gasteiger partial charge in [-0.15, -0.1) is 0 Å². The van der Waals surface area contributed by atoms with Gasteiger partial charge in [-0.25, -0.2) is 0 Å². The summed E-state index contributed by atoms with van der Waals surface area (Å²) in [6.45, 7) is 3.81. The van der Waals surface area contributed by atoms with Crippen LogP contribution in [0.15, 0.2) is 24.3 Å².